The highest BCUT2D eigenvalue weighted by molar-refractivity contribution is 5.45. The molecule has 5 heteroatoms. The molecule has 1 aromatic rings. The topological polar surface area (TPSA) is 24.1 Å². The molecular formula is C12H17F3N2. The number of benzene rings is 1. The normalized spacial score (nSPS) is 11.9. The first kappa shape index (κ1) is 13.8. The summed E-state index contributed by atoms with van der Waals surface area (Å²) in [5.41, 5.74) is 0.0758. The predicted octanol–water partition coefficient (Wildman–Crippen LogP) is 3.12. The van der Waals surface area contributed by atoms with Gasteiger partial charge in [0.05, 0.1) is 5.56 Å². The summed E-state index contributed by atoms with van der Waals surface area (Å²) in [5.74, 6) is 0. The van der Waals surface area contributed by atoms with Gasteiger partial charge < -0.3 is 10.6 Å². The molecule has 0 aromatic heterocycles. The van der Waals surface area contributed by atoms with E-state index in [9.17, 15) is 13.2 Å². The van der Waals surface area contributed by atoms with Crippen molar-refractivity contribution in [3.63, 3.8) is 0 Å². The van der Waals surface area contributed by atoms with Crippen LogP contribution in [-0.2, 0) is 6.18 Å². The van der Waals surface area contributed by atoms with Crippen molar-refractivity contribution in [3.8, 4) is 0 Å². The van der Waals surface area contributed by atoms with Crippen LogP contribution in [0.2, 0.25) is 0 Å². The fraction of sp³-hybridized carbons (Fsp3) is 0.500. The summed E-state index contributed by atoms with van der Waals surface area (Å²) in [7, 11) is 0. The van der Waals surface area contributed by atoms with E-state index in [1.165, 1.54) is 12.1 Å². The minimum atomic E-state index is -4.27. The molecule has 0 aliphatic rings. The first-order valence-corrected chi connectivity index (χ1v) is 5.54. The highest BCUT2D eigenvalue weighted by atomic mass is 19.4. The van der Waals surface area contributed by atoms with Gasteiger partial charge in [-0.3, -0.25) is 0 Å². The van der Waals surface area contributed by atoms with Crippen LogP contribution in [0.3, 0.4) is 0 Å². The zero-order valence-electron chi connectivity index (χ0n) is 9.93. The fourth-order valence-electron chi connectivity index (χ4n) is 1.34. The van der Waals surface area contributed by atoms with Crippen LogP contribution in [0.1, 0.15) is 19.4 Å². The Morgan fingerprint density at radius 3 is 2.12 bits per heavy atom. The summed E-state index contributed by atoms with van der Waals surface area (Å²) in [6.07, 6.45) is -4.27. The molecule has 0 spiro atoms. The van der Waals surface area contributed by atoms with E-state index < -0.39 is 11.7 Å². The maximum atomic E-state index is 12.3. The van der Waals surface area contributed by atoms with Gasteiger partial charge in [-0.25, -0.2) is 0 Å². The number of alkyl halides is 3. The third kappa shape index (κ3) is 5.08. The van der Waals surface area contributed by atoms with Crippen LogP contribution in [0.4, 0.5) is 18.9 Å². The van der Waals surface area contributed by atoms with Crippen LogP contribution >= 0.6 is 0 Å². The highest BCUT2D eigenvalue weighted by Gasteiger charge is 2.29. The van der Waals surface area contributed by atoms with Crippen molar-refractivity contribution >= 4 is 5.69 Å². The van der Waals surface area contributed by atoms with Gasteiger partial charge in [0.25, 0.3) is 0 Å². The smallest absolute Gasteiger partial charge is 0.384 e. The number of hydrogen-bond donors (Lipinski definition) is 2. The van der Waals surface area contributed by atoms with E-state index in [-0.39, 0.29) is 0 Å². The molecule has 96 valence electrons. The van der Waals surface area contributed by atoms with Gasteiger partial charge in [-0.05, 0) is 24.3 Å². The zero-order chi connectivity index (χ0) is 12.9. The van der Waals surface area contributed by atoms with Crippen LogP contribution in [0, 0.1) is 0 Å². The summed E-state index contributed by atoms with van der Waals surface area (Å²) in [4.78, 5) is 0. The van der Waals surface area contributed by atoms with Gasteiger partial charge in [0.15, 0.2) is 0 Å². The fourth-order valence-corrected chi connectivity index (χ4v) is 1.34. The van der Waals surface area contributed by atoms with E-state index in [2.05, 4.69) is 10.6 Å². The van der Waals surface area contributed by atoms with Gasteiger partial charge in [0, 0.05) is 24.8 Å². The molecule has 0 atom stereocenters. The molecule has 0 saturated carbocycles. The Labute approximate surface area is 99.2 Å². The van der Waals surface area contributed by atoms with Crippen molar-refractivity contribution < 1.29 is 13.2 Å². The molecule has 0 amide bonds. The molecule has 2 N–H and O–H groups in total. The minimum Gasteiger partial charge on any atom is -0.384 e. The molecule has 0 aliphatic heterocycles. The van der Waals surface area contributed by atoms with E-state index in [0.29, 0.717) is 18.3 Å². The van der Waals surface area contributed by atoms with Gasteiger partial charge in [-0.2, -0.15) is 13.2 Å². The standard InChI is InChI=1S/C12H17F3N2/c1-9(2)16-7-8-17-11-5-3-10(4-6-11)12(13,14)15/h3-6,9,16-17H,7-8H2,1-2H3. The SMILES string of the molecule is CC(C)NCCNc1ccc(C(F)(F)F)cc1. The average molecular weight is 246 g/mol. The van der Waals surface area contributed by atoms with Crippen molar-refractivity contribution in [2.45, 2.75) is 26.1 Å². The molecule has 0 saturated heterocycles. The van der Waals surface area contributed by atoms with Crippen molar-refractivity contribution in [2.24, 2.45) is 0 Å². The predicted molar refractivity (Wildman–Crippen MR) is 63.1 cm³/mol. The van der Waals surface area contributed by atoms with Crippen LogP contribution in [0.5, 0.6) is 0 Å². The third-order valence-corrected chi connectivity index (χ3v) is 2.22. The Balaban J connectivity index is 2.41. The summed E-state index contributed by atoms with van der Waals surface area (Å²) < 4.78 is 36.9. The molecule has 17 heavy (non-hydrogen) atoms. The van der Waals surface area contributed by atoms with Crippen molar-refractivity contribution in [1.29, 1.82) is 0 Å². The molecule has 2 nitrogen and oxygen atoms in total. The maximum absolute atomic E-state index is 12.3. The van der Waals surface area contributed by atoms with E-state index in [1.54, 1.807) is 0 Å². The van der Waals surface area contributed by atoms with Gasteiger partial charge in [-0.1, -0.05) is 13.8 Å². The number of anilines is 1. The van der Waals surface area contributed by atoms with Crippen molar-refractivity contribution in [2.75, 3.05) is 18.4 Å². The first-order chi connectivity index (χ1) is 7.89. The highest BCUT2D eigenvalue weighted by Crippen LogP contribution is 2.29. The monoisotopic (exact) mass is 246 g/mol. The Morgan fingerprint density at radius 2 is 1.65 bits per heavy atom. The summed E-state index contributed by atoms with van der Waals surface area (Å²) >= 11 is 0. The molecule has 0 bridgehead atoms. The molecular weight excluding hydrogens is 229 g/mol. The second kappa shape index (κ2) is 5.91. The molecule has 0 radical (unpaired) electrons. The van der Waals surface area contributed by atoms with Crippen LogP contribution in [0.25, 0.3) is 0 Å². The molecule has 0 heterocycles. The van der Waals surface area contributed by atoms with Gasteiger partial charge in [0.2, 0.25) is 0 Å². The number of hydrogen-bond acceptors (Lipinski definition) is 2. The third-order valence-electron chi connectivity index (χ3n) is 2.22. The van der Waals surface area contributed by atoms with Crippen LogP contribution in [-0.4, -0.2) is 19.1 Å². The van der Waals surface area contributed by atoms with Gasteiger partial charge in [0.1, 0.15) is 0 Å². The quantitative estimate of drug-likeness (QED) is 0.780. The average Bonchev–Trinajstić information content (AvgIpc) is 2.23. The number of halogens is 3. The van der Waals surface area contributed by atoms with Crippen molar-refractivity contribution in [3.05, 3.63) is 29.8 Å². The zero-order valence-corrected chi connectivity index (χ0v) is 9.93. The molecule has 0 unspecified atom stereocenters. The minimum absolute atomic E-state index is 0.407. The Kier molecular flexibility index (Phi) is 4.81. The molecule has 0 aliphatic carbocycles. The lowest BCUT2D eigenvalue weighted by atomic mass is 10.2. The summed E-state index contributed by atoms with van der Waals surface area (Å²) in [6, 6.07) is 5.46. The maximum Gasteiger partial charge on any atom is 0.416 e. The van der Waals surface area contributed by atoms with Crippen LogP contribution < -0.4 is 10.6 Å². The second-order valence-electron chi connectivity index (χ2n) is 4.11. The van der Waals surface area contributed by atoms with Gasteiger partial charge in [-0.15, -0.1) is 0 Å². The Hall–Kier alpha value is -1.23. The van der Waals surface area contributed by atoms with Crippen molar-refractivity contribution in [1.82, 2.24) is 5.32 Å². The second-order valence-corrected chi connectivity index (χ2v) is 4.11. The van der Waals surface area contributed by atoms with Gasteiger partial charge >= 0.3 is 6.18 Å². The number of rotatable bonds is 5. The van der Waals surface area contributed by atoms with E-state index in [4.69, 9.17) is 0 Å². The summed E-state index contributed by atoms with van der Waals surface area (Å²) in [5, 5.41) is 6.26. The molecule has 1 rings (SSSR count). The summed E-state index contributed by atoms with van der Waals surface area (Å²) in [6.45, 7) is 5.54. The number of nitrogens with one attached hydrogen (secondary N) is 2. The molecule has 0 fully saturated rings. The van der Waals surface area contributed by atoms with Crippen LogP contribution in [0.15, 0.2) is 24.3 Å². The lowest BCUT2D eigenvalue weighted by Gasteiger charge is -2.11. The molecule has 1 aromatic carbocycles. The lowest BCUT2D eigenvalue weighted by Crippen LogP contribution is -2.28. The first-order valence-electron chi connectivity index (χ1n) is 5.54. The largest absolute Gasteiger partial charge is 0.416 e. The van der Waals surface area contributed by atoms with E-state index >= 15 is 0 Å². The Bertz CT molecular complexity index is 331. The Morgan fingerprint density at radius 1 is 1.06 bits per heavy atom. The van der Waals surface area contributed by atoms with E-state index in [0.717, 1.165) is 18.7 Å². The van der Waals surface area contributed by atoms with E-state index in [1.807, 2.05) is 13.8 Å². The lowest BCUT2D eigenvalue weighted by molar-refractivity contribution is -0.137.